The number of alkyl halides is 6. The molecule has 1 aromatic heterocycles. The average molecular weight is 306 g/mol. The highest BCUT2D eigenvalue weighted by molar-refractivity contribution is 5.63. The van der Waals surface area contributed by atoms with Crippen molar-refractivity contribution in [2.45, 2.75) is 12.4 Å². The van der Waals surface area contributed by atoms with Gasteiger partial charge >= 0.3 is 12.4 Å². The fourth-order valence-corrected chi connectivity index (χ4v) is 1.72. The third-order valence-corrected chi connectivity index (χ3v) is 2.66. The van der Waals surface area contributed by atoms with E-state index < -0.39 is 29.3 Å². The van der Waals surface area contributed by atoms with Gasteiger partial charge in [-0.05, 0) is 24.3 Å². The normalized spacial score (nSPS) is 12.5. The summed E-state index contributed by atoms with van der Waals surface area (Å²) >= 11 is 0. The summed E-state index contributed by atoms with van der Waals surface area (Å²) in [6.07, 6.45) is -9.25. The molecule has 2 N–H and O–H groups in total. The molecule has 0 saturated carbocycles. The monoisotopic (exact) mass is 306 g/mol. The lowest BCUT2D eigenvalue weighted by atomic mass is 10.1. The Morgan fingerprint density at radius 1 is 0.810 bits per heavy atom. The Labute approximate surface area is 115 Å². The molecule has 0 amide bonds. The second-order valence-electron chi connectivity index (χ2n) is 4.24. The minimum absolute atomic E-state index is 0.0948. The number of halogens is 6. The fourth-order valence-electron chi connectivity index (χ4n) is 1.72. The van der Waals surface area contributed by atoms with Crippen LogP contribution in [0.25, 0.3) is 11.3 Å². The van der Waals surface area contributed by atoms with Gasteiger partial charge in [-0.1, -0.05) is 12.1 Å². The van der Waals surface area contributed by atoms with Crippen LogP contribution >= 0.6 is 0 Å². The van der Waals surface area contributed by atoms with Crippen molar-refractivity contribution in [3.05, 3.63) is 47.5 Å². The molecule has 1 heterocycles. The molecule has 0 radical (unpaired) electrons. The summed E-state index contributed by atoms with van der Waals surface area (Å²) in [4.78, 5) is 3.65. The molecule has 0 unspecified atom stereocenters. The number of nitrogens with two attached hydrogens (primary N) is 1. The zero-order valence-electron chi connectivity index (χ0n) is 10.3. The van der Waals surface area contributed by atoms with E-state index in [9.17, 15) is 26.3 Å². The molecule has 0 saturated heterocycles. The Hall–Kier alpha value is -2.25. The predicted octanol–water partition coefficient (Wildman–Crippen LogP) is 4.37. The average Bonchev–Trinajstić information content (AvgIpc) is 2.36. The summed E-state index contributed by atoms with van der Waals surface area (Å²) in [7, 11) is 0. The molecule has 0 aliphatic carbocycles. The number of pyridine rings is 1. The van der Waals surface area contributed by atoms with Crippen molar-refractivity contribution < 1.29 is 26.3 Å². The molecule has 0 spiro atoms. The molecule has 112 valence electrons. The van der Waals surface area contributed by atoms with Gasteiger partial charge in [-0.25, -0.2) is 4.98 Å². The summed E-state index contributed by atoms with van der Waals surface area (Å²) in [5.74, 6) is -0.419. The molecule has 2 rings (SSSR count). The molecule has 2 nitrogen and oxygen atoms in total. The molecular formula is C13H8F6N2. The highest BCUT2D eigenvalue weighted by atomic mass is 19.4. The predicted molar refractivity (Wildman–Crippen MR) is 64.1 cm³/mol. The molecule has 0 bridgehead atoms. The van der Waals surface area contributed by atoms with E-state index >= 15 is 0 Å². The maximum absolute atomic E-state index is 12.7. The number of nitrogen functional groups attached to an aromatic ring is 1. The van der Waals surface area contributed by atoms with Gasteiger partial charge in [-0.15, -0.1) is 0 Å². The first-order valence-electron chi connectivity index (χ1n) is 5.60. The highest BCUT2D eigenvalue weighted by Crippen LogP contribution is 2.35. The van der Waals surface area contributed by atoms with Gasteiger partial charge < -0.3 is 5.73 Å². The largest absolute Gasteiger partial charge is 0.416 e. The molecule has 0 atom stereocenters. The van der Waals surface area contributed by atoms with Crippen LogP contribution in [0.15, 0.2) is 36.4 Å². The van der Waals surface area contributed by atoms with Gasteiger partial charge in [0.15, 0.2) is 0 Å². The van der Waals surface area contributed by atoms with Gasteiger partial charge in [0.2, 0.25) is 0 Å². The van der Waals surface area contributed by atoms with Crippen LogP contribution in [0.1, 0.15) is 11.1 Å². The Morgan fingerprint density at radius 3 is 2.00 bits per heavy atom. The zero-order valence-corrected chi connectivity index (χ0v) is 10.3. The minimum atomic E-state index is -4.66. The van der Waals surface area contributed by atoms with E-state index in [0.29, 0.717) is 12.1 Å². The number of hydrogen-bond donors (Lipinski definition) is 1. The van der Waals surface area contributed by atoms with Gasteiger partial charge in [-0.2, -0.15) is 26.3 Å². The molecule has 1 aromatic carbocycles. The Morgan fingerprint density at radius 2 is 1.43 bits per heavy atom. The number of hydrogen-bond acceptors (Lipinski definition) is 2. The van der Waals surface area contributed by atoms with Crippen LogP contribution in [0.2, 0.25) is 0 Å². The van der Waals surface area contributed by atoms with E-state index in [1.165, 1.54) is 6.07 Å². The number of anilines is 1. The first-order chi connectivity index (χ1) is 9.57. The van der Waals surface area contributed by atoms with Crippen molar-refractivity contribution in [1.82, 2.24) is 4.98 Å². The van der Waals surface area contributed by atoms with E-state index in [2.05, 4.69) is 4.98 Å². The van der Waals surface area contributed by atoms with Crippen LogP contribution in [0.5, 0.6) is 0 Å². The fraction of sp³-hybridized carbons (Fsp3) is 0.154. The van der Waals surface area contributed by atoms with E-state index in [0.717, 1.165) is 18.2 Å². The maximum Gasteiger partial charge on any atom is 0.416 e. The van der Waals surface area contributed by atoms with Gasteiger partial charge in [0, 0.05) is 5.56 Å². The number of benzene rings is 1. The number of nitrogens with zero attached hydrogens (tertiary/aromatic N) is 1. The van der Waals surface area contributed by atoms with Crippen LogP contribution in [-0.4, -0.2) is 4.98 Å². The van der Waals surface area contributed by atoms with E-state index in [-0.39, 0.29) is 11.3 Å². The van der Waals surface area contributed by atoms with E-state index in [1.54, 1.807) is 0 Å². The summed E-state index contributed by atoms with van der Waals surface area (Å²) in [5.41, 5.74) is 2.88. The van der Waals surface area contributed by atoms with Crippen molar-refractivity contribution in [3.8, 4) is 11.3 Å². The lowest BCUT2D eigenvalue weighted by molar-refractivity contribution is -0.138. The number of aromatic nitrogens is 1. The van der Waals surface area contributed by atoms with Crippen LogP contribution in [0.3, 0.4) is 0 Å². The second-order valence-corrected chi connectivity index (χ2v) is 4.24. The zero-order chi connectivity index (χ0) is 15.8. The lowest BCUT2D eigenvalue weighted by Gasteiger charge is -2.11. The van der Waals surface area contributed by atoms with Gasteiger partial charge in [0.25, 0.3) is 0 Å². The summed E-state index contributed by atoms with van der Waals surface area (Å²) < 4.78 is 75.8. The molecule has 21 heavy (non-hydrogen) atoms. The van der Waals surface area contributed by atoms with Gasteiger partial charge in [0.05, 0.1) is 16.8 Å². The van der Waals surface area contributed by atoms with E-state index in [4.69, 9.17) is 5.73 Å². The molecule has 0 aliphatic heterocycles. The minimum Gasteiger partial charge on any atom is -0.384 e. The Balaban J connectivity index is 2.55. The first-order valence-corrected chi connectivity index (χ1v) is 5.60. The lowest BCUT2D eigenvalue weighted by Crippen LogP contribution is -2.08. The SMILES string of the molecule is Nc1cc(C(F)(F)F)cc(-c2cccc(C(F)(F)F)c2)n1. The van der Waals surface area contributed by atoms with E-state index in [1.807, 2.05) is 0 Å². The summed E-state index contributed by atoms with van der Waals surface area (Å²) in [6, 6.07) is 5.15. The highest BCUT2D eigenvalue weighted by Gasteiger charge is 2.32. The Bertz CT molecular complexity index is 660. The maximum atomic E-state index is 12.7. The van der Waals surface area contributed by atoms with Crippen molar-refractivity contribution in [3.63, 3.8) is 0 Å². The van der Waals surface area contributed by atoms with Crippen LogP contribution in [0.4, 0.5) is 32.2 Å². The molecule has 0 aliphatic rings. The van der Waals surface area contributed by atoms with Crippen molar-refractivity contribution in [1.29, 1.82) is 0 Å². The third kappa shape index (κ3) is 3.45. The third-order valence-electron chi connectivity index (χ3n) is 2.66. The first kappa shape index (κ1) is 15.1. The van der Waals surface area contributed by atoms with Gasteiger partial charge in [0.1, 0.15) is 5.82 Å². The van der Waals surface area contributed by atoms with Crippen LogP contribution in [0, 0.1) is 0 Å². The smallest absolute Gasteiger partial charge is 0.384 e. The van der Waals surface area contributed by atoms with Crippen molar-refractivity contribution >= 4 is 5.82 Å². The summed E-state index contributed by atoms with van der Waals surface area (Å²) in [6.45, 7) is 0. The molecular weight excluding hydrogens is 298 g/mol. The Kier molecular flexibility index (Phi) is 3.56. The van der Waals surface area contributed by atoms with Crippen LogP contribution < -0.4 is 5.73 Å². The van der Waals surface area contributed by atoms with Gasteiger partial charge in [-0.3, -0.25) is 0 Å². The van der Waals surface area contributed by atoms with Crippen LogP contribution in [-0.2, 0) is 12.4 Å². The topological polar surface area (TPSA) is 38.9 Å². The number of rotatable bonds is 1. The summed E-state index contributed by atoms with van der Waals surface area (Å²) in [5, 5.41) is 0. The molecule has 8 heteroatoms. The molecule has 2 aromatic rings. The van der Waals surface area contributed by atoms with Crippen molar-refractivity contribution in [2.75, 3.05) is 5.73 Å². The van der Waals surface area contributed by atoms with Crippen molar-refractivity contribution in [2.24, 2.45) is 0 Å². The quantitative estimate of drug-likeness (QED) is 0.795. The second kappa shape index (κ2) is 4.94. The molecule has 0 fully saturated rings. The standard InChI is InChI=1S/C13H8F6N2/c14-12(15,16)8-3-1-2-7(4-8)10-5-9(13(17,18)19)6-11(20)21-10/h1-6H,(H2,20,21).